The molecule has 0 saturated heterocycles. The number of carbonyl (C=O) groups excluding carboxylic acids is 1. The zero-order valence-corrected chi connectivity index (χ0v) is 11.1. The highest BCUT2D eigenvalue weighted by Gasteiger charge is 2.15. The van der Waals surface area contributed by atoms with Gasteiger partial charge in [-0.3, -0.25) is 0 Å². The van der Waals surface area contributed by atoms with Gasteiger partial charge in [0.05, 0.1) is 18.6 Å². The molecule has 2 N–H and O–H groups in total. The number of hydrogen-bond donors (Lipinski definition) is 1. The summed E-state index contributed by atoms with van der Waals surface area (Å²) < 4.78 is 10.2. The lowest BCUT2D eigenvalue weighted by Crippen LogP contribution is -2.13. The predicted octanol–water partition coefficient (Wildman–Crippen LogP) is 2.28. The lowest BCUT2D eigenvalue weighted by atomic mass is 10.2. The largest absolute Gasteiger partial charge is 0.468 e. The number of hydrogen-bond acceptors (Lipinski definition) is 5. The van der Waals surface area contributed by atoms with Crippen LogP contribution in [-0.4, -0.2) is 24.9 Å². The average molecular weight is 257 g/mol. The first-order chi connectivity index (χ1) is 8.19. The number of furan rings is 1. The molecule has 5 heteroatoms. The molecule has 0 saturated carbocycles. The number of carbonyl (C=O) groups is 1. The Morgan fingerprint density at radius 3 is 3.06 bits per heavy atom. The van der Waals surface area contributed by atoms with Crippen LogP contribution in [0.3, 0.4) is 0 Å². The van der Waals surface area contributed by atoms with Gasteiger partial charge in [0.15, 0.2) is 0 Å². The Morgan fingerprint density at radius 2 is 2.41 bits per heavy atom. The minimum Gasteiger partial charge on any atom is -0.468 e. The normalized spacial score (nSPS) is 12.4. The molecule has 1 aromatic heterocycles. The molecule has 0 fully saturated rings. The molecule has 0 aliphatic rings. The molecule has 0 spiro atoms. The van der Waals surface area contributed by atoms with E-state index in [1.165, 1.54) is 6.26 Å². The fraction of sp³-hybridized carbons (Fsp3) is 0.583. The molecule has 0 radical (unpaired) electrons. The maximum Gasteiger partial charge on any atom is 0.341 e. The second-order valence-corrected chi connectivity index (χ2v) is 4.86. The van der Waals surface area contributed by atoms with E-state index < -0.39 is 0 Å². The van der Waals surface area contributed by atoms with Crippen molar-refractivity contribution >= 4 is 17.7 Å². The van der Waals surface area contributed by atoms with E-state index in [0.717, 1.165) is 5.75 Å². The third-order valence-corrected chi connectivity index (χ3v) is 3.55. The Labute approximate surface area is 106 Å². The standard InChI is InChI=1S/C12H19NO3S/c1-3-15-12(14)10-4-5-16-11(10)8-17-7-9(2)6-13/h4-5,9H,3,6-8,13H2,1-2H3. The van der Waals surface area contributed by atoms with Crippen LogP contribution in [0.4, 0.5) is 0 Å². The van der Waals surface area contributed by atoms with E-state index in [1.807, 2.05) is 0 Å². The summed E-state index contributed by atoms with van der Waals surface area (Å²) in [5.74, 6) is 2.47. The van der Waals surface area contributed by atoms with Gasteiger partial charge in [-0.1, -0.05) is 6.92 Å². The fourth-order valence-electron chi connectivity index (χ4n) is 1.26. The Morgan fingerprint density at radius 1 is 1.65 bits per heavy atom. The van der Waals surface area contributed by atoms with Crippen molar-refractivity contribution in [2.45, 2.75) is 19.6 Å². The molecule has 0 amide bonds. The highest BCUT2D eigenvalue weighted by molar-refractivity contribution is 7.98. The summed E-state index contributed by atoms with van der Waals surface area (Å²) in [5.41, 5.74) is 6.07. The van der Waals surface area contributed by atoms with Gasteiger partial charge in [-0.2, -0.15) is 11.8 Å². The second kappa shape index (κ2) is 7.40. The van der Waals surface area contributed by atoms with Crippen LogP contribution in [0.2, 0.25) is 0 Å². The smallest absolute Gasteiger partial charge is 0.341 e. The number of rotatable bonds is 7. The quantitative estimate of drug-likeness (QED) is 0.759. The number of esters is 1. The summed E-state index contributed by atoms with van der Waals surface area (Å²) in [6, 6.07) is 1.65. The Balaban J connectivity index is 2.48. The lowest BCUT2D eigenvalue weighted by molar-refractivity contribution is 0.0524. The molecule has 1 aromatic rings. The molecule has 0 aliphatic heterocycles. The fourth-order valence-corrected chi connectivity index (χ4v) is 2.33. The van der Waals surface area contributed by atoms with E-state index in [2.05, 4.69) is 6.92 Å². The minimum atomic E-state index is -0.316. The summed E-state index contributed by atoms with van der Waals surface area (Å²) >= 11 is 1.71. The van der Waals surface area contributed by atoms with Crippen LogP contribution in [0, 0.1) is 5.92 Å². The van der Waals surface area contributed by atoms with Crippen molar-refractivity contribution in [1.29, 1.82) is 0 Å². The molecule has 0 aliphatic carbocycles. The molecule has 96 valence electrons. The van der Waals surface area contributed by atoms with Crippen LogP contribution >= 0.6 is 11.8 Å². The summed E-state index contributed by atoms with van der Waals surface area (Å²) in [4.78, 5) is 11.6. The minimum absolute atomic E-state index is 0.316. The van der Waals surface area contributed by atoms with Crippen molar-refractivity contribution in [3.8, 4) is 0 Å². The Hall–Kier alpha value is -0.940. The van der Waals surface area contributed by atoms with Gasteiger partial charge in [0.2, 0.25) is 0 Å². The molecular weight excluding hydrogens is 238 g/mol. The first kappa shape index (κ1) is 14.1. The predicted molar refractivity (Wildman–Crippen MR) is 69.0 cm³/mol. The first-order valence-electron chi connectivity index (χ1n) is 5.70. The molecule has 17 heavy (non-hydrogen) atoms. The number of nitrogens with two attached hydrogens (primary N) is 1. The van der Waals surface area contributed by atoms with Gasteiger partial charge in [-0.25, -0.2) is 4.79 Å². The van der Waals surface area contributed by atoms with Crippen LogP contribution in [0.15, 0.2) is 16.7 Å². The zero-order chi connectivity index (χ0) is 12.7. The molecular formula is C12H19NO3S. The van der Waals surface area contributed by atoms with Crippen LogP contribution < -0.4 is 5.73 Å². The van der Waals surface area contributed by atoms with Crippen molar-refractivity contribution < 1.29 is 13.9 Å². The maximum atomic E-state index is 11.6. The van der Waals surface area contributed by atoms with Gasteiger partial charge < -0.3 is 14.9 Å². The molecule has 4 nitrogen and oxygen atoms in total. The highest BCUT2D eigenvalue weighted by Crippen LogP contribution is 2.20. The highest BCUT2D eigenvalue weighted by atomic mass is 32.2. The first-order valence-corrected chi connectivity index (χ1v) is 6.85. The Bertz CT molecular complexity index is 351. The lowest BCUT2D eigenvalue weighted by Gasteiger charge is -2.07. The Kier molecular flexibility index (Phi) is 6.15. The van der Waals surface area contributed by atoms with Gasteiger partial charge in [-0.15, -0.1) is 0 Å². The summed E-state index contributed by atoms with van der Waals surface area (Å²) in [6.07, 6.45) is 1.52. The van der Waals surface area contributed by atoms with E-state index in [-0.39, 0.29) is 5.97 Å². The van der Waals surface area contributed by atoms with Crippen molar-refractivity contribution in [1.82, 2.24) is 0 Å². The molecule has 0 aromatic carbocycles. The molecule has 1 heterocycles. The van der Waals surface area contributed by atoms with E-state index in [4.69, 9.17) is 14.9 Å². The average Bonchev–Trinajstić information content (AvgIpc) is 2.77. The third-order valence-electron chi connectivity index (χ3n) is 2.28. The molecule has 0 bridgehead atoms. The second-order valence-electron chi connectivity index (χ2n) is 3.83. The van der Waals surface area contributed by atoms with E-state index in [0.29, 0.717) is 36.1 Å². The summed E-state index contributed by atoms with van der Waals surface area (Å²) in [6.45, 7) is 4.94. The topological polar surface area (TPSA) is 65.5 Å². The van der Waals surface area contributed by atoms with Crippen molar-refractivity contribution in [2.75, 3.05) is 18.9 Å². The van der Waals surface area contributed by atoms with Crippen LogP contribution in [-0.2, 0) is 10.5 Å². The van der Waals surface area contributed by atoms with Crippen LogP contribution in [0.25, 0.3) is 0 Å². The monoisotopic (exact) mass is 257 g/mol. The molecule has 1 atom stereocenters. The van der Waals surface area contributed by atoms with Gasteiger partial charge in [0.1, 0.15) is 11.3 Å². The van der Waals surface area contributed by atoms with Gasteiger partial charge in [0.25, 0.3) is 0 Å². The maximum absolute atomic E-state index is 11.6. The number of ether oxygens (including phenoxy) is 1. The number of thioether (sulfide) groups is 1. The summed E-state index contributed by atoms with van der Waals surface area (Å²) in [7, 11) is 0. The van der Waals surface area contributed by atoms with Crippen molar-refractivity contribution in [3.05, 3.63) is 23.7 Å². The van der Waals surface area contributed by atoms with Gasteiger partial charge in [0, 0.05) is 0 Å². The third kappa shape index (κ3) is 4.44. The SMILES string of the molecule is CCOC(=O)c1ccoc1CSCC(C)CN. The van der Waals surface area contributed by atoms with E-state index in [1.54, 1.807) is 24.8 Å². The van der Waals surface area contributed by atoms with E-state index in [9.17, 15) is 4.79 Å². The summed E-state index contributed by atoms with van der Waals surface area (Å²) in [5, 5.41) is 0. The van der Waals surface area contributed by atoms with Gasteiger partial charge in [-0.05, 0) is 31.2 Å². The van der Waals surface area contributed by atoms with Crippen LogP contribution in [0.5, 0.6) is 0 Å². The van der Waals surface area contributed by atoms with Gasteiger partial charge >= 0.3 is 5.97 Å². The van der Waals surface area contributed by atoms with E-state index >= 15 is 0 Å². The molecule has 1 rings (SSSR count). The zero-order valence-electron chi connectivity index (χ0n) is 10.3. The van der Waals surface area contributed by atoms with Crippen molar-refractivity contribution in [2.24, 2.45) is 11.7 Å². The molecule has 1 unspecified atom stereocenters. The van der Waals surface area contributed by atoms with Crippen molar-refractivity contribution in [3.63, 3.8) is 0 Å². The van der Waals surface area contributed by atoms with Crippen LogP contribution in [0.1, 0.15) is 30.0 Å².